The molecule has 2 aromatic rings. The number of nitrogens with one attached hydrogen (secondary N) is 1. The van der Waals surface area contributed by atoms with Crippen molar-refractivity contribution in [3.63, 3.8) is 0 Å². The molecular formula is C14H16Br2N2S. The van der Waals surface area contributed by atoms with Gasteiger partial charge in [-0.05, 0) is 74.3 Å². The monoisotopic (exact) mass is 402 g/mol. The van der Waals surface area contributed by atoms with Crippen molar-refractivity contribution in [3.8, 4) is 0 Å². The fraction of sp³-hybridized carbons (Fsp3) is 0.357. The third kappa shape index (κ3) is 4.38. The molecule has 2 nitrogen and oxygen atoms in total. The molecule has 5 heteroatoms. The summed E-state index contributed by atoms with van der Waals surface area (Å²) in [7, 11) is 0. The summed E-state index contributed by atoms with van der Waals surface area (Å²) in [5, 5.41) is 5.74. The van der Waals surface area contributed by atoms with Crippen LogP contribution in [0.15, 0.2) is 38.9 Å². The molecule has 0 aliphatic heterocycles. The lowest BCUT2D eigenvalue weighted by atomic mass is 10.1. The maximum absolute atomic E-state index is 4.24. The highest BCUT2D eigenvalue weighted by molar-refractivity contribution is 9.10. The third-order valence-electron chi connectivity index (χ3n) is 2.80. The Kier molecular flexibility index (Phi) is 6.01. The lowest BCUT2D eigenvalue weighted by Crippen LogP contribution is -2.23. The maximum atomic E-state index is 4.24. The zero-order chi connectivity index (χ0) is 13.7. The van der Waals surface area contributed by atoms with Crippen molar-refractivity contribution in [3.05, 3.63) is 49.3 Å². The van der Waals surface area contributed by atoms with Gasteiger partial charge in [0.05, 0.1) is 0 Å². The van der Waals surface area contributed by atoms with Gasteiger partial charge in [-0.1, -0.05) is 6.92 Å². The average Bonchev–Trinajstić information content (AvgIpc) is 2.81. The van der Waals surface area contributed by atoms with E-state index in [4.69, 9.17) is 0 Å². The Bertz CT molecular complexity index is 528. The van der Waals surface area contributed by atoms with Crippen LogP contribution >= 0.6 is 43.2 Å². The van der Waals surface area contributed by atoms with Crippen LogP contribution in [0.2, 0.25) is 0 Å². The molecule has 1 atom stereocenters. The molecule has 0 aromatic carbocycles. The molecule has 2 heterocycles. The first-order valence-corrected chi connectivity index (χ1v) is 8.73. The van der Waals surface area contributed by atoms with Crippen molar-refractivity contribution in [1.82, 2.24) is 10.3 Å². The van der Waals surface area contributed by atoms with Gasteiger partial charge in [-0.15, -0.1) is 11.3 Å². The van der Waals surface area contributed by atoms with E-state index in [1.54, 1.807) is 11.3 Å². The SMILES string of the molecule is CCCNC(Cc1cncc(Br)c1)c1sccc1Br. The van der Waals surface area contributed by atoms with Crippen LogP contribution in [-0.4, -0.2) is 11.5 Å². The largest absolute Gasteiger partial charge is 0.309 e. The summed E-state index contributed by atoms with van der Waals surface area (Å²) in [6.07, 6.45) is 5.84. The van der Waals surface area contributed by atoms with E-state index in [1.165, 1.54) is 14.9 Å². The highest BCUT2D eigenvalue weighted by Crippen LogP contribution is 2.31. The smallest absolute Gasteiger partial charge is 0.0467 e. The van der Waals surface area contributed by atoms with Crippen molar-refractivity contribution < 1.29 is 0 Å². The van der Waals surface area contributed by atoms with Crippen LogP contribution in [0.5, 0.6) is 0 Å². The highest BCUT2D eigenvalue weighted by Gasteiger charge is 2.16. The van der Waals surface area contributed by atoms with Crippen molar-refractivity contribution in [2.75, 3.05) is 6.54 Å². The van der Waals surface area contributed by atoms with Crippen molar-refractivity contribution in [2.45, 2.75) is 25.8 Å². The van der Waals surface area contributed by atoms with Crippen LogP contribution in [0.25, 0.3) is 0 Å². The molecule has 1 unspecified atom stereocenters. The minimum Gasteiger partial charge on any atom is -0.309 e. The molecule has 102 valence electrons. The number of pyridine rings is 1. The second-order valence-electron chi connectivity index (χ2n) is 4.36. The molecule has 0 saturated carbocycles. The van der Waals surface area contributed by atoms with Gasteiger partial charge in [0.1, 0.15) is 0 Å². The first-order valence-electron chi connectivity index (χ1n) is 6.26. The zero-order valence-electron chi connectivity index (χ0n) is 10.7. The third-order valence-corrected chi connectivity index (χ3v) is 5.22. The second kappa shape index (κ2) is 7.53. The van der Waals surface area contributed by atoms with E-state index in [0.717, 1.165) is 23.9 Å². The van der Waals surface area contributed by atoms with Crippen molar-refractivity contribution in [2.24, 2.45) is 0 Å². The summed E-state index contributed by atoms with van der Waals surface area (Å²) >= 11 is 8.90. The van der Waals surface area contributed by atoms with Crippen LogP contribution in [0.1, 0.15) is 29.8 Å². The lowest BCUT2D eigenvalue weighted by molar-refractivity contribution is 0.534. The topological polar surface area (TPSA) is 24.9 Å². The van der Waals surface area contributed by atoms with Gasteiger partial charge in [0.25, 0.3) is 0 Å². The fourth-order valence-corrected chi connectivity index (χ4v) is 4.07. The summed E-state index contributed by atoms with van der Waals surface area (Å²) in [5.74, 6) is 0. The van der Waals surface area contributed by atoms with Crippen LogP contribution < -0.4 is 5.32 Å². The number of rotatable bonds is 6. The minimum absolute atomic E-state index is 0.338. The molecule has 2 rings (SSSR count). The van der Waals surface area contributed by atoms with Gasteiger partial charge in [-0.25, -0.2) is 0 Å². The summed E-state index contributed by atoms with van der Waals surface area (Å²) in [4.78, 5) is 5.59. The quantitative estimate of drug-likeness (QED) is 0.737. The first kappa shape index (κ1) is 15.2. The van der Waals surface area contributed by atoms with Gasteiger partial charge in [-0.2, -0.15) is 0 Å². The van der Waals surface area contributed by atoms with E-state index < -0.39 is 0 Å². The Balaban J connectivity index is 2.16. The van der Waals surface area contributed by atoms with Crippen molar-refractivity contribution in [1.29, 1.82) is 0 Å². The Labute approximate surface area is 134 Å². The molecule has 2 aromatic heterocycles. The number of hydrogen-bond donors (Lipinski definition) is 1. The maximum Gasteiger partial charge on any atom is 0.0467 e. The normalized spacial score (nSPS) is 12.6. The molecule has 0 spiro atoms. The second-order valence-corrected chi connectivity index (χ2v) is 7.07. The fourth-order valence-electron chi connectivity index (χ4n) is 1.93. The molecule has 0 aliphatic rings. The number of nitrogens with zero attached hydrogens (tertiary/aromatic N) is 1. The molecule has 0 saturated heterocycles. The molecule has 0 amide bonds. The number of thiophene rings is 1. The Morgan fingerprint density at radius 3 is 2.84 bits per heavy atom. The standard InChI is InChI=1S/C14H16Br2N2S/c1-2-4-18-13(14-12(16)3-5-19-14)7-10-6-11(15)9-17-8-10/h3,5-6,8-9,13,18H,2,4,7H2,1H3. The Hall–Kier alpha value is -0.230. The minimum atomic E-state index is 0.338. The molecule has 1 N–H and O–H groups in total. The number of aromatic nitrogens is 1. The van der Waals surface area contributed by atoms with Gasteiger partial charge < -0.3 is 5.32 Å². The van der Waals surface area contributed by atoms with Crippen LogP contribution in [0, 0.1) is 0 Å². The summed E-state index contributed by atoms with van der Waals surface area (Å²) < 4.78 is 2.22. The van der Waals surface area contributed by atoms with E-state index in [1.807, 2.05) is 12.4 Å². The van der Waals surface area contributed by atoms with Gasteiger partial charge in [0.15, 0.2) is 0 Å². The van der Waals surface area contributed by atoms with Crippen LogP contribution in [-0.2, 0) is 6.42 Å². The van der Waals surface area contributed by atoms with Crippen LogP contribution in [0.3, 0.4) is 0 Å². The zero-order valence-corrected chi connectivity index (χ0v) is 14.7. The van der Waals surface area contributed by atoms with E-state index in [-0.39, 0.29) is 0 Å². The molecule has 19 heavy (non-hydrogen) atoms. The predicted octanol–water partition coefficient (Wildman–Crippen LogP) is 4.95. The molecule has 0 fully saturated rings. The summed E-state index contributed by atoms with van der Waals surface area (Å²) in [6.45, 7) is 3.21. The van der Waals surface area contributed by atoms with Gasteiger partial charge in [0.2, 0.25) is 0 Å². The van der Waals surface area contributed by atoms with E-state index in [9.17, 15) is 0 Å². The van der Waals surface area contributed by atoms with Crippen molar-refractivity contribution >= 4 is 43.2 Å². The van der Waals surface area contributed by atoms with Gasteiger partial charge in [-0.3, -0.25) is 4.98 Å². The molecule has 0 aliphatic carbocycles. The molecule has 0 bridgehead atoms. The van der Waals surface area contributed by atoms with Gasteiger partial charge >= 0.3 is 0 Å². The molecule has 0 radical (unpaired) electrons. The first-order chi connectivity index (χ1) is 9.20. The highest BCUT2D eigenvalue weighted by atomic mass is 79.9. The van der Waals surface area contributed by atoms with E-state index >= 15 is 0 Å². The predicted molar refractivity (Wildman–Crippen MR) is 88.7 cm³/mol. The molecular weight excluding hydrogens is 388 g/mol. The van der Waals surface area contributed by atoms with E-state index in [2.05, 4.69) is 66.6 Å². The number of halogens is 2. The average molecular weight is 404 g/mol. The van der Waals surface area contributed by atoms with E-state index in [0.29, 0.717) is 6.04 Å². The van der Waals surface area contributed by atoms with Crippen LogP contribution in [0.4, 0.5) is 0 Å². The number of hydrogen-bond acceptors (Lipinski definition) is 3. The van der Waals surface area contributed by atoms with Gasteiger partial charge in [0, 0.05) is 32.3 Å². The Morgan fingerprint density at radius 2 is 2.21 bits per heavy atom. The Morgan fingerprint density at radius 1 is 1.37 bits per heavy atom. The lowest BCUT2D eigenvalue weighted by Gasteiger charge is -2.18. The summed E-state index contributed by atoms with van der Waals surface area (Å²) in [6, 6.07) is 4.58. The summed E-state index contributed by atoms with van der Waals surface area (Å²) in [5.41, 5.74) is 1.24.